The summed E-state index contributed by atoms with van der Waals surface area (Å²) < 4.78 is 10.2. The zero-order valence-electron chi connectivity index (χ0n) is 12.8. The summed E-state index contributed by atoms with van der Waals surface area (Å²) in [6, 6.07) is 7.57. The predicted molar refractivity (Wildman–Crippen MR) is 92.7 cm³/mol. The van der Waals surface area contributed by atoms with Gasteiger partial charge in [0.15, 0.2) is 11.5 Å². The number of carbonyl (C=O) groups is 1. The molecule has 0 atom stereocenters. The van der Waals surface area contributed by atoms with Crippen molar-refractivity contribution in [3.8, 4) is 17.2 Å². The van der Waals surface area contributed by atoms with Crippen LogP contribution in [0.1, 0.15) is 15.9 Å². The van der Waals surface area contributed by atoms with Gasteiger partial charge in [0, 0.05) is 16.1 Å². The van der Waals surface area contributed by atoms with Crippen molar-refractivity contribution in [3.63, 3.8) is 0 Å². The van der Waals surface area contributed by atoms with Crippen molar-refractivity contribution in [2.75, 3.05) is 14.2 Å². The first-order valence-corrected chi connectivity index (χ1v) is 7.45. The summed E-state index contributed by atoms with van der Waals surface area (Å²) in [5.41, 5.74) is 2.95. The highest BCUT2D eigenvalue weighted by molar-refractivity contribution is 6.36. The highest BCUT2D eigenvalue weighted by atomic mass is 35.5. The molecule has 0 saturated heterocycles. The van der Waals surface area contributed by atoms with Gasteiger partial charge in [0.05, 0.1) is 25.5 Å². The lowest BCUT2D eigenvalue weighted by molar-refractivity contribution is 0.0954. The second kappa shape index (κ2) is 7.90. The molecule has 24 heavy (non-hydrogen) atoms. The highest BCUT2D eigenvalue weighted by Crippen LogP contribution is 2.30. The molecule has 0 aromatic heterocycles. The van der Waals surface area contributed by atoms with Crippen LogP contribution in [0, 0.1) is 0 Å². The van der Waals surface area contributed by atoms with E-state index < -0.39 is 5.91 Å². The van der Waals surface area contributed by atoms with Crippen molar-refractivity contribution >= 4 is 35.3 Å². The molecule has 126 valence electrons. The van der Waals surface area contributed by atoms with Gasteiger partial charge in [-0.25, -0.2) is 5.43 Å². The summed E-state index contributed by atoms with van der Waals surface area (Å²) >= 11 is 11.7. The number of methoxy groups -OCH3 is 2. The van der Waals surface area contributed by atoms with Crippen LogP contribution in [0.5, 0.6) is 17.2 Å². The van der Waals surface area contributed by atoms with E-state index in [1.54, 1.807) is 12.1 Å². The Morgan fingerprint density at radius 2 is 1.88 bits per heavy atom. The van der Waals surface area contributed by atoms with E-state index in [-0.39, 0.29) is 16.3 Å². The maximum Gasteiger partial charge on any atom is 0.271 e. The number of benzene rings is 2. The fourth-order valence-electron chi connectivity index (χ4n) is 1.89. The van der Waals surface area contributed by atoms with Gasteiger partial charge in [-0.05, 0) is 30.3 Å². The molecular formula is C16H14Cl2N2O4. The summed E-state index contributed by atoms with van der Waals surface area (Å²) in [4.78, 5) is 12.1. The minimum Gasteiger partial charge on any atom is -0.506 e. The van der Waals surface area contributed by atoms with Crippen molar-refractivity contribution in [3.05, 3.63) is 51.5 Å². The van der Waals surface area contributed by atoms with E-state index in [9.17, 15) is 9.90 Å². The molecule has 0 aliphatic carbocycles. The number of nitrogens with zero attached hydrogens (tertiary/aromatic N) is 1. The maximum atomic E-state index is 12.1. The molecule has 0 saturated carbocycles. The van der Waals surface area contributed by atoms with Gasteiger partial charge < -0.3 is 14.6 Å². The van der Waals surface area contributed by atoms with Crippen molar-refractivity contribution in [2.45, 2.75) is 0 Å². The monoisotopic (exact) mass is 368 g/mol. The largest absolute Gasteiger partial charge is 0.506 e. The lowest BCUT2D eigenvalue weighted by atomic mass is 10.2. The van der Waals surface area contributed by atoms with Crippen LogP contribution < -0.4 is 14.9 Å². The smallest absolute Gasteiger partial charge is 0.271 e. The Hall–Kier alpha value is -2.44. The number of halogens is 2. The van der Waals surface area contributed by atoms with Crippen LogP contribution in [0.2, 0.25) is 10.0 Å². The summed E-state index contributed by atoms with van der Waals surface area (Å²) in [6.45, 7) is 0. The first-order chi connectivity index (χ1) is 11.5. The predicted octanol–water partition coefficient (Wildman–Crippen LogP) is 3.48. The number of carbonyl (C=O) groups excluding carboxylic acids is 1. The Balaban J connectivity index is 2.13. The third kappa shape index (κ3) is 4.10. The van der Waals surface area contributed by atoms with Gasteiger partial charge in [-0.3, -0.25) is 4.79 Å². The first-order valence-electron chi connectivity index (χ1n) is 6.69. The molecule has 0 spiro atoms. The third-order valence-electron chi connectivity index (χ3n) is 3.07. The number of aromatic hydroxyl groups is 1. The van der Waals surface area contributed by atoms with Crippen LogP contribution in [-0.4, -0.2) is 31.4 Å². The number of phenols is 1. The lowest BCUT2D eigenvalue weighted by Crippen LogP contribution is -2.17. The number of amides is 1. The van der Waals surface area contributed by atoms with Gasteiger partial charge in [-0.15, -0.1) is 0 Å². The van der Waals surface area contributed by atoms with Crippen LogP contribution in [0.15, 0.2) is 35.4 Å². The van der Waals surface area contributed by atoms with Gasteiger partial charge in [0.1, 0.15) is 5.75 Å². The van der Waals surface area contributed by atoms with Crippen LogP contribution in [0.25, 0.3) is 0 Å². The Kier molecular flexibility index (Phi) is 5.89. The summed E-state index contributed by atoms with van der Waals surface area (Å²) in [5.74, 6) is 0.300. The average molecular weight is 369 g/mol. The van der Waals surface area contributed by atoms with E-state index in [0.29, 0.717) is 22.1 Å². The van der Waals surface area contributed by atoms with Crippen LogP contribution in [0.3, 0.4) is 0 Å². The summed E-state index contributed by atoms with van der Waals surface area (Å²) in [7, 11) is 2.98. The molecule has 6 nitrogen and oxygen atoms in total. The van der Waals surface area contributed by atoms with Crippen molar-refractivity contribution in [1.29, 1.82) is 0 Å². The van der Waals surface area contributed by atoms with Gasteiger partial charge in [-0.2, -0.15) is 5.10 Å². The molecule has 2 aromatic rings. The first kappa shape index (κ1) is 17.9. The second-order valence-electron chi connectivity index (χ2n) is 4.59. The molecule has 2 N–H and O–H groups in total. The number of rotatable bonds is 5. The molecule has 0 aliphatic heterocycles. The minimum absolute atomic E-state index is 0.0927. The maximum absolute atomic E-state index is 12.1. The van der Waals surface area contributed by atoms with Crippen LogP contribution in [-0.2, 0) is 0 Å². The summed E-state index contributed by atoms with van der Waals surface area (Å²) in [6.07, 6.45) is 1.24. The number of hydrazone groups is 1. The quantitative estimate of drug-likeness (QED) is 0.625. The van der Waals surface area contributed by atoms with E-state index in [0.717, 1.165) is 0 Å². The molecule has 0 unspecified atom stereocenters. The molecular weight excluding hydrogens is 355 g/mol. The molecule has 8 heteroatoms. The van der Waals surface area contributed by atoms with Gasteiger partial charge in [0.25, 0.3) is 5.91 Å². The molecule has 0 heterocycles. The zero-order chi connectivity index (χ0) is 17.7. The number of hydrogen-bond donors (Lipinski definition) is 2. The Labute approximate surface area is 148 Å². The molecule has 2 rings (SSSR count). The SMILES string of the molecule is COc1ccc(C(=O)NN=Cc2cc(Cl)cc(Cl)c2O)cc1OC. The number of nitrogens with one attached hydrogen (secondary N) is 1. The molecule has 0 bridgehead atoms. The Bertz CT molecular complexity index is 794. The molecule has 0 radical (unpaired) electrons. The van der Waals surface area contributed by atoms with Gasteiger partial charge >= 0.3 is 0 Å². The van der Waals surface area contributed by atoms with Crippen molar-refractivity contribution in [2.24, 2.45) is 5.10 Å². The number of phenolic OH excluding ortho intramolecular Hbond substituents is 1. The van der Waals surface area contributed by atoms with Crippen LogP contribution >= 0.6 is 23.2 Å². The molecule has 0 aliphatic rings. The third-order valence-corrected chi connectivity index (χ3v) is 3.58. The zero-order valence-corrected chi connectivity index (χ0v) is 14.4. The van der Waals surface area contributed by atoms with Gasteiger partial charge in [0.2, 0.25) is 0 Å². The highest BCUT2D eigenvalue weighted by Gasteiger charge is 2.10. The molecule has 1 amide bonds. The van der Waals surface area contributed by atoms with Gasteiger partial charge in [-0.1, -0.05) is 23.2 Å². The van der Waals surface area contributed by atoms with Crippen molar-refractivity contribution < 1.29 is 19.4 Å². The van der Waals surface area contributed by atoms with E-state index >= 15 is 0 Å². The molecule has 0 fully saturated rings. The fourth-order valence-corrected chi connectivity index (χ4v) is 2.40. The van der Waals surface area contributed by atoms with E-state index in [1.807, 2.05) is 0 Å². The van der Waals surface area contributed by atoms with Crippen LogP contribution in [0.4, 0.5) is 0 Å². The van der Waals surface area contributed by atoms with E-state index in [4.69, 9.17) is 32.7 Å². The number of hydrogen-bond acceptors (Lipinski definition) is 5. The number of ether oxygens (including phenoxy) is 2. The topological polar surface area (TPSA) is 80.2 Å². The Morgan fingerprint density at radius 3 is 2.54 bits per heavy atom. The normalized spacial score (nSPS) is 10.7. The standard InChI is InChI=1S/C16H14Cl2N2O4/c1-23-13-4-3-9(6-14(13)24-2)16(22)20-19-8-10-5-11(17)7-12(18)15(10)21/h3-8,21H,1-2H3,(H,20,22). The average Bonchev–Trinajstić information content (AvgIpc) is 2.58. The second-order valence-corrected chi connectivity index (χ2v) is 5.44. The lowest BCUT2D eigenvalue weighted by Gasteiger charge is -2.08. The fraction of sp³-hybridized carbons (Fsp3) is 0.125. The Morgan fingerprint density at radius 1 is 1.17 bits per heavy atom. The van der Waals surface area contributed by atoms with Crippen molar-refractivity contribution in [1.82, 2.24) is 5.43 Å². The van der Waals surface area contributed by atoms with E-state index in [2.05, 4.69) is 10.5 Å². The molecule has 2 aromatic carbocycles. The minimum atomic E-state index is -0.459. The van der Waals surface area contributed by atoms with E-state index in [1.165, 1.54) is 38.6 Å². The summed E-state index contributed by atoms with van der Waals surface area (Å²) in [5, 5.41) is 14.0.